The summed E-state index contributed by atoms with van der Waals surface area (Å²) in [7, 11) is 3.73. The molecule has 1 aliphatic rings. The molecular formula is C25H34N8O. The predicted molar refractivity (Wildman–Crippen MR) is 137 cm³/mol. The van der Waals surface area contributed by atoms with Gasteiger partial charge in [-0.15, -0.1) is 0 Å². The highest BCUT2D eigenvalue weighted by molar-refractivity contribution is 6.05. The van der Waals surface area contributed by atoms with Crippen molar-refractivity contribution in [1.29, 1.82) is 0 Å². The lowest BCUT2D eigenvalue weighted by Crippen LogP contribution is -2.53. The maximum absolute atomic E-state index is 12.7. The van der Waals surface area contributed by atoms with Gasteiger partial charge in [0.25, 0.3) is 0 Å². The zero-order chi connectivity index (χ0) is 24.8. The monoisotopic (exact) mass is 462 g/mol. The van der Waals surface area contributed by atoms with Crippen molar-refractivity contribution in [3.8, 4) is 0 Å². The van der Waals surface area contributed by atoms with E-state index in [9.17, 15) is 4.79 Å². The quantitative estimate of drug-likeness (QED) is 0.574. The van der Waals surface area contributed by atoms with Crippen LogP contribution in [-0.4, -0.2) is 44.8 Å². The molecular weight excluding hydrogens is 428 g/mol. The molecule has 9 nitrogen and oxygen atoms in total. The van der Waals surface area contributed by atoms with Crippen LogP contribution in [0.1, 0.15) is 47.2 Å². The number of aryl methyl sites for hydroxylation is 1. The molecule has 9 heteroatoms. The summed E-state index contributed by atoms with van der Waals surface area (Å²) in [4.78, 5) is 25.6. The van der Waals surface area contributed by atoms with Gasteiger partial charge in [-0.1, -0.05) is 20.8 Å². The minimum Gasteiger partial charge on any atom is -0.356 e. The molecule has 0 bridgehead atoms. The van der Waals surface area contributed by atoms with Crippen molar-refractivity contribution in [1.82, 2.24) is 19.7 Å². The molecule has 3 aromatic rings. The van der Waals surface area contributed by atoms with Gasteiger partial charge in [0.15, 0.2) is 0 Å². The van der Waals surface area contributed by atoms with Gasteiger partial charge in [0.2, 0.25) is 11.9 Å². The van der Waals surface area contributed by atoms with Crippen molar-refractivity contribution in [3.63, 3.8) is 0 Å². The van der Waals surface area contributed by atoms with Crippen LogP contribution in [0, 0.1) is 0 Å². The average molecular weight is 463 g/mol. The van der Waals surface area contributed by atoms with Gasteiger partial charge in [-0.2, -0.15) is 10.1 Å². The second kappa shape index (κ2) is 8.62. The zero-order valence-electron chi connectivity index (χ0n) is 21.2. The zero-order valence-corrected chi connectivity index (χ0v) is 21.2. The van der Waals surface area contributed by atoms with E-state index in [1.54, 1.807) is 11.1 Å². The molecule has 0 aliphatic carbocycles. The number of hydrogen-bond acceptors (Lipinski definition) is 7. The van der Waals surface area contributed by atoms with E-state index in [-0.39, 0.29) is 23.4 Å². The lowest BCUT2D eigenvalue weighted by Gasteiger charge is -2.42. The van der Waals surface area contributed by atoms with Crippen molar-refractivity contribution in [3.05, 3.63) is 42.2 Å². The van der Waals surface area contributed by atoms with Gasteiger partial charge in [0, 0.05) is 43.5 Å². The number of rotatable bonds is 5. The molecule has 3 heterocycles. The Morgan fingerprint density at radius 1 is 1.03 bits per heavy atom. The van der Waals surface area contributed by atoms with E-state index < -0.39 is 0 Å². The highest BCUT2D eigenvalue weighted by Gasteiger charge is 2.35. The molecule has 34 heavy (non-hydrogen) atoms. The van der Waals surface area contributed by atoms with Crippen LogP contribution in [-0.2, 0) is 17.3 Å². The van der Waals surface area contributed by atoms with E-state index in [0.717, 1.165) is 28.6 Å². The molecule has 1 atom stereocenters. The summed E-state index contributed by atoms with van der Waals surface area (Å²) in [5.74, 6) is 2.10. The number of benzene rings is 1. The Kier molecular flexibility index (Phi) is 5.97. The lowest BCUT2D eigenvalue weighted by molar-refractivity contribution is -0.119. The van der Waals surface area contributed by atoms with Crippen molar-refractivity contribution >= 4 is 40.6 Å². The van der Waals surface area contributed by atoms with Gasteiger partial charge in [0.1, 0.15) is 17.7 Å². The first-order valence-electron chi connectivity index (χ1n) is 11.6. The van der Waals surface area contributed by atoms with Crippen LogP contribution in [0.4, 0.5) is 34.6 Å². The molecule has 0 saturated heterocycles. The van der Waals surface area contributed by atoms with Crippen LogP contribution in [0.5, 0.6) is 0 Å². The van der Waals surface area contributed by atoms with Gasteiger partial charge in [-0.3, -0.25) is 9.48 Å². The molecule has 0 saturated carbocycles. The van der Waals surface area contributed by atoms with E-state index in [1.165, 1.54) is 0 Å². The summed E-state index contributed by atoms with van der Waals surface area (Å²) in [6.07, 6.45) is 1.71. The Morgan fingerprint density at radius 2 is 1.76 bits per heavy atom. The molecule has 0 fully saturated rings. The maximum Gasteiger partial charge on any atom is 0.249 e. The number of likely N-dealkylation sites (N-methyl/N-ethyl adjacent to an activating group) is 1. The SMILES string of the molecule is CC(C)N1c2cc(Nc3nccc(Nc4cc(C(C)(C)C)nn4C)n3)ccc2N(C)C(=O)[C@H]1C. The Balaban J connectivity index is 1.59. The highest BCUT2D eigenvalue weighted by Crippen LogP contribution is 2.39. The maximum atomic E-state index is 12.7. The Bertz CT molecular complexity index is 1210. The molecule has 2 aromatic heterocycles. The average Bonchev–Trinajstić information content (AvgIpc) is 3.13. The number of carbonyl (C=O) groups is 1. The van der Waals surface area contributed by atoms with Gasteiger partial charge >= 0.3 is 0 Å². The summed E-state index contributed by atoms with van der Waals surface area (Å²) in [6.45, 7) is 12.6. The van der Waals surface area contributed by atoms with Crippen molar-refractivity contribution in [2.24, 2.45) is 7.05 Å². The Hall–Kier alpha value is -3.62. The number of carbonyl (C=O) groups excluding carboxylic acids is 1. The molecule has 1 aliphatic heterocycles. The smallest absolute Gasteiger partial charge is 0.249 e. The molecule has 1 aromatic carbocycles. The number of aromatic nitrogens is 4. The van der Waals surface area contributed by atoms with Gasteiger partial charge in [-0.25, -0.2) is 4.98 Å². The fourth-order valence-electron chi connectivity index (χ4n) is 4.24. The van der Waals surface area contributed by atoms with E-state index in [2.05, 4.69) is 71.3 Å². The van der Waals surface area contributed by atoms with Crippen LogP contribution in [0.25, 0.3) is 0 Å². The summed E-state index contributed by atoms with van der Waals surface area (Å²) < 4.78 is 1.82. The molecule has 0 radical (unpaired) electrons. The second-order valence-corrected chi connectivity index (χ2v) is 10.1. The van der Waals surface area contributed by atoms with E-state index in [0.29, 0.717) is 11.8 Å². The summed E-state index contributed by atoms with van der Waals surface area (Å²) in [5, 5.41) is 11.3. The minimum absolute atomic E-state index is 0.0391. The Morgan fingerprint density at radius 3 is 2.41 bits per heavy atom. The third-order valence-electron chi connectivity index (χ3n) is 6.09. The van der Waals surface area contributed by atoms with Crippen LogP contribution in [0.3, 0.4) is 0 Å². The number of nitrogens with one attached hydrogen (secondary N) is 2. The largest absolute Gasteiger partial charge is 0.356 e. The molecule has 0 spiro atoms. The van der Waals surface area contributed by atoms with Crippen LogP contribution in [0.2, 0.25) is 0 Å². The van der Waals surface area contributed by atoms with Crippen molar-refractivity contribution < 1.29 is 4.79 Å². The number of anilines is 6. The fourth-order valence-corrected chi connectivity index (χ4v) is 4.24. The fraction of sp³-hybridized carbons (Fsp3) is 0.440. The summed E-state index contributed by atoms with van der Waals surface area (Å²) in [5.41, 5.74) is 3.72. The molecule has 1 amide bonds. The third-order valence-corrected chi connectivity index (χ3v) is 6.09. The standard InChI is InChI=1S/C25H34N8O/c1-15(2)33-16(3)23(34)31(7)18-10-9-17(13-19(18)33)27-24-26-12-11-21(29-24)28-22-14-20(25(4,5)6)30-32(22)8/h9-16H,1-8H3,(H2,26,27,28,29)/t16-/m1/s1. The lowest BCUT2D eigenvalue weighted by atomic mass is 9.92. The number of hydrogen-bond donors (Lipinski definition) is 2. The molecule has 2 N–H and O–H groups in total. The predicted octanol–water partition coefficient (Wildman–Crippen LogP) is 4.57. The van der Waals surface area contributed by atoms with E-state index in [4.69, 9.17) is 0 Å². The first kappa shape index (κ1) is 23.5. The molecule has 4 rings (SSSR count). The van der Waals surface area contributed by atoms with E-state index >= 15 is 0 Å². The number of nitrogens with zero attached hydrogens (tertiary/aromatic N) is 6. The number of fused-ring (bicyclic) bond motifs is 1. The van der Waals surface area contributed by atoms with Gasteiger partial charge in [-0.05, 0) is 45.0 Å². The second-order valence-electron chi connectivity index (χ2n) is 10.1. The summed E-state index contributed by atoms with van der Waals surface area (Å²) in [6, 6.07) is 9.77. The van der Waals surface area contributed by atoms with Crippen molar-refractivity contribution in [2.45, 2.75) is 59.0 Å². The van der Waals surface area contributed by atoms with Gasteiger partial charge < -0.3 is 20.4 Å². The van der Waals surface area contributed by atoms with E-state index in [1.807, 2.05) is 50.0 Å². The third kappa shape index (κ3) is 4.42. The first-order valence-corrected chi connectivity index (χ1v) is 11.6. The van der Waals surface area contributed by atoms with Crippen LogP contribution < -0.4 is 20.4 Å². The van der Waals surface area contributed by atoms with Crippen molar-refractivity contribution in [2.75, 3.05) is 27.5 Å². The Labute approximate surface area is 201 Å². The topological polar surface area (TPSA) is 91.2 Å². The molecule has 180 valence electrons. The highest BCUT2D eigenvalue weighted by atomic mass is 16.2. The van der Waals surface area contributed by atoms with Crippen LogP contribution in [0.15, 0.2) is 36.5 Å². The normalized spacial score (nSPS) is 16.1. The first-order chi connectivity index (χ1) is 16.0. The minimum atomic E-state index is -0.228. The van der Waals surface area contributed by atoms with Gasteiger partial charge in [0.05, 0.1) is 17.1 Å². The molecule has 0 unspecified atom stereocenters. The summed E-state index contributed by atoms with van der Waals surface area (Å²) >= 11 is 0. The number of amides is 1. The van der Waals surface area contributed by atoms with Crippen LogP contribution >= 0.6 is 0 Å².